The SMILES string of the molecule is CCCN(CC)[C@@H]1COc2ccc(C(N)=O)cc2C1. The molecule has 19 heavy (non-hydrogen) atoms. The van der Waals surface area contributed by atoms with Gasteiger partial charge in [-0.15, -0.1) is 0 Å². The second-order valence-electron chi connectivity index (χ2n) is 4.98. The van der Waals surface area contributed by atoms with Crippen molar-refractivity contribution in [2.45, 2.75) is 32.7 Å². The lowest BCUT2D eigenvalue weighted by molar-refractivity contribution is 0.0999. The molecule has 1 atom stereocenters. The molecule has 0 aromatic heterocycles. The molecule has 2 rings (SSSR count). The second-order valence-corrected chi connectivity index (χ2v) is 4.98. The van der Waals surface area contributed by atoms with E-state index >= 15 is 0 Å². The maximum atomic E-state index is 11.2. The number of hydrogen-bond donors (Lipinski definition) is 1. The number of amides is 1. The zero-order valence-electron chi connectivity index (χ0n) is 11.7. The van der Waals surface area contributed by atoms with Gasteiger partial charge in [0.2, 0.25) is 5.91 Å². The molecule has 4 heteroatoms. The Balaban J connectivity index is 2.17. The van der Waals surface area contributed by atoms with Gasteiger partial charge in [-0.3, -0.25) is 9.69 Å². The van der Waals surface area contributed by atoms with E-state index in [-0.39, 0.29) is 5.91 Å². The monoisotopic (exact) mass is 262 g/mol. The lowest BCUT2D eigenvalue weighted by Gasteiger charge is -2.34. The summed E-state index contributed by atoms with van der Waals surface area (Å²) in [5.41, 5.74) is 6.97. The summed E-state index contributed by atoms with van der Waals surface area (Å²) < 4.78 is 5.81. The third-order valence-corrected chi connectivity index (χ3v) is 3.67. The first-order chi connectivity index (χ1) is 9.15. The van der Waals surface area contributed by atoms with Crippen molar-refractivity contribution in [1.29, 1.82) is 0 Å². The number of nitrogens with two attached hydrogens (primary N) is 1. The number of carbonyl (C=O) groups excluding carboxylic acids is 1. The van der Waals surface area contributed by atoms with Crippen LogP contribution in [0.25, 0.3) is 0 Å². The first kappa shape index (κ1) is 13.9. The number of fused-ring (bicyclic) bond motifs is 1. The maximum absolute atomic E-state index is 11.2. The van der Waals surface area contributed by atoms with Gasteiger partial charge in [-0.2, -0.15) is 0 Å². The van der Waals surface area contributed by atoms with Crippen LogP contribution in [0.1, 0.15) is 36.2 Å². The number of nitrogens with zero attached hydrogens (tertiary/aromatic N) is 1. The molecule has 104 valence electrons. The van der Waals surface area contributed by atoms with Crippen LogP contribution in [-0.2, 0) is 6.42 Å². The minimum absolute atomic E-state index is 0.383. The number of primary amides is 1. The van der Waals surface area contributed by atoms with Gasteiger partial charge >= 0.3 is 0 Å². The third-order valence-electron chi connectivity index (χ3n) is 3.67. The Hall–Kier alpha value is -1.55. The molecule has 1 aliphatic heterocycles. The van der Waals surface area contributed by atoms with Gasteiger partial charge in [-0.25, -0.2) is 0 Å². The van der Waals surface area contributed by atoms with E-state index in [4.69, 9.17) is 10.5 Å². The fraction of sp³-hybridized carbons (Fsp3) is 0.533. The van der Waals surface area contributed by atoms with Crippen LogP contribution >= 0.6 is 0 Å². The summed E-state index contributed by atoms with van der Waals surface area (Å²) in [7, 11) is 0. The molecule has 0 saturated carbocycles. The minimum Gasteiger partial charge on any atom is -0.492 e. The van der Waals surface area contributed by atoms with Gasteiger partial charge in [0.25, 0.3) is 0 Å². The lowest BCUT2D eigenvalue weighted by atomic mass is 9.99. The molecule has 0 unspecified atom stereocenters. The fourth-order valence-electron chi connectivity index (χ4n) is 2.65. The molecule has 1 heterocycles. The lowest BCUT2D eigenvalue weighted by Crippen LogP contribution is -2.43. The van der Waals surface area contributed by atoms with Gasteiger partial charge in [0.1, 0.15) is 12.4 Å². The highest BCUT2D eigenvalue weighted by atomic mass is 16.5. The predicted octanol–water partition coefficient (Wildman–Crippen LogP) is 1.82. The van der Waals surface area contributed by atoms with Crippen LogP contribution in [0.4, 0.5) is 0 Å². The summed E-state index contributed by atoms with van der Waals surface area (Å²) in [5, 5.41) is 0. The van der Waals surface area contributed by atoms with E-state index < -0.39 is 0 Å². The Bertz CT molecular complexity index is 459. The number of rotatable bonds is 5. The molecular formula is C15H22N2O2. The van der Waals surface area contributed by atoms with Gasteiger partial charge in [0.15, 0.2) is 0 Å². The van der Waals surface area contributed by atoms with Gasteiger partial charge in [0, 0.05) is 11.6 Å². The number of hydrogen-bond acceptors (Lipinski definition) is 3. The molecule has 1 aliphatic rings. The molecule has 0 radical (unpaired) electrons. The number of benzene rings is 1. The van der Waals surface area contributed by atoms with Crippen LogP contribution in [0.2, 0.25) is 0 Å². The van der Waals surface area contributed by atoms with Crippen molar-refractivity contribution in [3.63, 3.8) is 0 Å². The smallest absolute Gasteiger partial charge is 0.248 e. The second kappa shape index (κ2) is 6.06. The fourth-order valence-corrected chi connectivity index (χ4v) is 2.65. The minimum atomic E-state index is -0.383. The Morgan fingerprint density at radius 1 is 1.47 bits per heavy atom. The molecule has 2 N–H and O–H groups in total. The van der Waals surface area contributed by atoms with E-state index in [0.717, 1.165) is 43.9 Å². The summed E-state index contributed by atoms with van der Waals surface area (Å²) >= 11 is 0. The van der Waals surface area contributed by atoms with E-state index in [9.17, 15) is 4.79 Å². The highest BCUT2D eigenvalue weighted by molar-refractivity contribution is 5.93. The maximum Gasteiger partial charge on any atom is 0.248 e. The first-order valence-electron chi connectivity index (χ1n) is 6.95. The first-order valence-corrected chi connectivity index (χ1v) is 6.95. The standard InChI is InChI=1S/C15H22N2O2/c1-3-7-17(4-2)13-9-12-8-11(15(16)18)5-6-14(12)19-10-13/h5-6,8,13H,3-4,7,9-10H2,1-2H3,(H2,16,18)/t13-/m0/s1. The van der Waals surface area contributed by atoms with Gasteiger partial charge in [-0.05, 0) is 49.7 Å². The summed E-state index contributed by atoms with van der Waals surface area (Å²) in [4.78, 5) is 13.7. The van der Waals surface area contributed by atoms with Crippen LogP contribution < -0.4 is 10.5 Å². The van der Waals surface area contributed by atoms with Gasteiger partial charge in [-0.1, -0.05) is 13.8 Å². The Kier molecular flexibility index (Phi) is 4.43. The third kappa shape index (κ3) is 3.07. The quantitative estimate of drug-likeness (QED) is 0.880. The number of carbonyl (C=O) groups is 1. The van der Waals surface area contributed by atoms with E-state index in [2.05, 4.69) is 18.7 Å². The molecule has 0 spiro atoms. The molecule has 1 aromatic carbocycles. The number of ether oxygens (including phenoxy) is 1. The zero-order chi connectivity index (χ0) is 13.8. The van der Waals surface area contributed by atoms with E-state index in [0.29, 0.717) is 11.6 Å². The van der Waals surface area contributed by atoms with Crippen LogP contribution in [0.15, 0.2) is 18.2 Å². The average molecular weight is 262 g/mol. The van der Waals surface area contributed by atoms with Crippen molar-refractivity contribution in [2.75, 3.05) is 19.7 Å². The van der Waals surface area contributed by atoms with Crippen molar-refractivity contribution in [2.24, 2.45) is 5.73 Å². The normalized spacial score (nSPS) is 17.9. The average Bonchev–Trinajstić information content (AvgIpc) is 2.43. The number of likely N-dealkylation sites (N-methyl/N-ethyl adjacent to an activating group) is 1. The van der Waals surface area contributed by atoms with Crippen molar-refractivity contribution >= 4 is 5.91 Å². The van der Waals surface area contributed by atoms with Crippen molar-refractivity contribution in [1.82, 2.24) is 4.90 Å². The van der Waals surface area contributed by atoms with E-state index in [1.165, 1.54) is 0 Å². The molecular weight excluding hydrogens is 240 g/mol. The van der Waals surface area contributed by atoms with Crippen LogP contribution in [-0.4, -0.2) is 36.5 Å². The van der Waals surface area contributed by atoms with E-state index in [1.54, 1.807) is 6.07 Å². The largest absolute Gasteiger partial charge is 0.492 e. The molecule has 0 saturated heterocycles. The van der Waals surface area contributed by atoms with Crippen molar-refractivity contribution in [3.8, 4) is 5.75 Å². The highest BCUT2D eigenvalue weighted by Crippen LogP contribution is 2.27. The van der Waals surface area contributed by atoms with Gasteiger partial charge < -0.3 is 10.5 Å². The van der Waals surface area contributed by atoms with Crippen LogP contribution in [0, 0.1) is 0 Å². The predicted molar refractivity (Wildman–Crippen MR) is 75.5 cm³/mol. The Labute approximate surface area is 114 Å². The molecule has 0 fully saturated rings. The van der Waals surface area contributed by atoms with Crippen LogP contribution in [0.3, 0.4) is 0 Å². The summed E-state index contributed by atoms with van der Waals surface area (Å²) in [6.45, 7) is 7.18. The zero-order valence-corrected chi connectivity index (χ0v) is 11.7. The van der Waals surface area contributed by atoms with Crippen molar-refractivity contribution < 1.29 is 9.53 Å². The Morgan fingerprint density at radius 3 is 2.89 bits per heavy atom. The highest BCUT2D eigenvalue weighted by Gasteiger charge is 2.24. The van der Waals surface area contributed by atoms with Gasteiger partial charge in [0.05, 0.1) is 0 Å². The van der Waals surface area contributed by atoms with E-state index in [1.807, 2.05) is 12.1 Å². The van der Waals surface area contributed by atoms with Crippen LogP contribution in [0.5, 0.6) is 5.75 Å². The summed E-state index contributed by atoms with van der Waals surface area (Å²) in [5.74, 6) is 0.500. The topological polar surface area (TPSA) is 55.6 Å². The molecule has 1 amide bonds. The summed E-state index contributed by atoms with van der Waals surface area (Å²) in [6.07, 6.45) is 2.06. The Morgan fingerprint density at radius 2 is 2.26 bits per heavy atom. The molecule has 0 aliphatic carbocycles. The summed E-state index contributed by atoms with van der Waals surface area (Å²) in [6, 6.07) is 5.83. The molecule has 0 bridgehead atoms. The molecule has 1 aromatic rings. The molecule has 4 nitrogen and oxygen atoms in total. The van der Waals surface area contributed by atoms with Crippen molar-refractivity contribution in [3.05, 3.63) is 29.3 Å².